The first-order valence-electron chi connectivity index (χ1n) is 6.87. The van der Waals surface area contributed by atoms with Crippen molar-refractivity contribution in [2.45, 2.75) is 51.2 Å². The van der Waals surface area contributed by atoms with Crippen LogP contribution >= 0.6 is 0 Å². The molecule has 0 aliphatic carbocycles. The van der Waals surface area contributed by atoms with Crippen molar-refractivity contribution in [3.63, 3.8) is 0 Å². The SMILES string of the molecule is CC(=O)NCCCCCC(=O)N1C[C@@H](O)C[C@@H]1CO. The highest BCUT2D eigenvalue weighted by atomic mass is 16.3. The smallest absolute Gasteiger partial charge is 0.222 e. The molecule has 1 saturated heterocycles. The van der Waals surface area contributed by atoms with E-state index < -0.39 is 6.10 Å². The van der Waals surface area contributed by atoms with Gasteiger partial charge in [-0.25, -0.2) is 0 Å². The molecule has 0 aromatic heterocycles. The molecule has 6 heteroatoms. The maximum absolute atomic E-state index is 11.9. The summed E-state index contributed by atoms with van der Waals surface area (Å²) in [5, 5.41) is 21.4. The van der Waals surface area contributed by atoms with Crippen LogP contribution in [0.1, 0.15) is 39.0 Å². The first-order chi connectivity index (χ1) is 9.04. The molecule has 19 heavy (non-hydrogen) atoms. The minimum absolute atomic E-state index is 0.00451. The first kappa shape index (κ1) is 15.9. The summed E-state index contributed by atoms with van der Waals surface area (Å²) in [6, 6.07) is -0.234. The van der Waals surface area contributed by atoms with E-state index in [9.17, 15) is 14.7 Å². The number of hydrogen-bond donors (Lipinski definition) is 3. The van der Waals surface area contributed by atoms with Crippen molar-refractivity contribution in [3.8, 4) is 0 Å². The lowest BCUT2D eigenvalue weighted by Gasteiger charge is -2.22. The standard InChI is InChI=1S/C13H24N2O4/c1-10(17)14-6-4-2-3-5-13(19)15-8-12(18)7-11(15)9-16/h11-12,16,18H,2-9H2,1H3,(H,14,17)/t11-,12+/m1/s1. The minimum atomic E-state index is -0.513. The normalized spacial score (nSPS) is 22.6. The third kappa shape index (κ3) is 5.57. The number of likely N-dealkylation sites (tertiary alicyclic amines) is 1. The zero-order valence-corrected chi connectivity index (χ0v) is 11.5. The molecule has 0 saturated carbocycles. The summed E-state index contributed by atoms with van der Waals surface area (Å²) in [7, 11) is 0. The maximum atomic E-state index is 11.9. The third-order valence-electron chi connectivity index (χ3n) is 3.36. The Labute approximate surface area is 113 Å². The average Bonchev–Trinajstić information content (AvgIpc) is 2.74. The second kappa shape index (κ2) is 8.12. The number of aliphatic hydroxyl groups is 2. The van der Waals surface area contributed by atoms with Gasteiger partial charge in [-0.2, -0.15) is 0 Å². The lowest BCUT2D eigenvalue weighted by atomic mass is 10.1. The quantitative estimate of drug-likeness (QED) is 0.552. The fourth-order valence-electron chi connectivity index (χ4n) is 2.36. The Morgan fingerprint density at radius 1 is 1.32 bits per heavy atom. The Balaban J connectivity index is 2.15. The molecule has 1 aliphatic heterocycles. The van der Waals surface area contributed by atoms with Gasteiger partial charge in [0.25, 0.3) is 0 Å². The fraction of sp³-hybridized carbons (Fsp3) is 0.846. The molecule has 1 aliphatic rings. The van der Waals surface area contributed by atoms with E-state index in [0.29, 0.717) is 25.9 Å². The third-order valence-corrected chi connectivity index (χ3v) is 3.36. The fourth-order valence-corrected chi connectivity index (χ4v) is 2.36. The van der Waals surface area contributed by atoms with Crippen molar-refractivity contribution in [2.75, 3.05) is 19.7 Å². The van der Waals surface area contributed by atoms with Crippen molar-refractivity contribution in [1.82, 2.24) is 10.2 Å². The van der Waals surface area contributed by atoms with Gasteiger partial charge in [0.1, 0.15) is 0 Å². The van der Waals surface area contributed by atoms with Crippen LogP contribution in [0, 0.1) is 0 Å². The van der Waals surface area contributed by atoms with Crippen LogP contribution in [0.2, 0.25) is 0 Å². The number of β-amino-alcohol motifs (C(OH)–C–C–N with tert-alkyl or cyclic N) is 1. The minimum Gasteiger partial charge on any atom is -0.394 e. The van der Waals surface area contributed by atoms with E-state index in [0.717, 1.165) is 19.3 Å². The number of nitrogens with one attached hydrogen (secondary N) is 1. The highest BCUT2D eigenvalue weighted by molar-refractivity contribution is 5.77. The number of carbonyl (C=O) groups is 2. The molecule has 3 N–H and O–H groups in total. The number of rotatable bonds is 7. The molecule has 0 unspecified atom stereocenters. The lowest BCUT2D eigenvalue weighted by molar-refractivity contribution is -0.133. The summed E-state index contributed by atoms with van der Waals surface area (Å²) < 4.78 is 0. The van der Waals surface area contributed by atoms with Gasteiger partial charge >= 0.3 is 0 Å². The highest BCUT2D eigenvalue weighted by Gasteiger charge is 2.33. The molecule has 2 amide bonds. The average molecular weight is 272 g/mol. The summed E-state index contributed by atoms with van der Waals surface area (Å²) in [6.07, 6.45) is 2.89. The van der Waals surface area contributed by atoms with Gasteiger partial charge in [-0.05, 0) is 19.3 Å². The van der Waals surface area contributed by atoms with Crippen molar-refractivity contribution in [1.29, 1.82) is 0 Å². The molecule has 0 spiro atoms. The number of amides is 2. The van der Waals surface area contributed by atoms with Crippen molar-refractivity contribution in [2.24, 2.45) is 0 Å². The summed E-state index contributed by atoms with van der Waals surface area (Å²) in [5.74, 6) is -0.0388. The van der Waals surface area contributed by atoms with Crippen molar-refractivity contribution >= 4 is 11.8 Å². The number of nitrogens with zero attached hydrogens (tertiary/aromatic N) is 1. The largest absolute Gasteiger partial charge is 0.394 e. The lowest BCUT2D eigenvalue weighted by Crippen LogP contribution is -2.37. The second-order valence-electron chi connectivity index (χ2n) is 5.07. The monoisotopic (exact) mass is 272 g/mol. The number of carbonyl (C=O) groups excluding carboxylic acids is 2. The van der Waals surface area contributed by atoms with Gasteiger partial charge in [-0.1, -0.05) is 6.42 Å². The van der Waals surface area contributed by atoms with Crippen molar-refractivity contribution in [3.05, 3.63) is 0 Å². The molecule has 1 fully saturated rings. The molecule has 0 aromatic carbocycles. The van der Waals surface area contributed by atoms with Gasteiger partial charge in [0, 0.05) is 26.4 Å². The Hall–Kier alpha value is -1.14. The Kier molecular flexibility index (Phi) is 6.80. The van der Waals surface area contributed by atoms with Crippen LogP contribution in [-0.4, -0.2) is 58.8 Å². The summed E-state index contributed by atoms with van der Waals surface area (Å²) >= 11 is 0. The van der Waals surface area contributed by atoms with Crippen LogP contribution in [0.4, 0.5) is 0 Å². The Bertz CT molecular complexity index is 309. The van der Waals surface area contributed by atoms with Gasteiger partial charge < -0.3 is 20.4 Å². The number of unbranched alkanes of at least 4 members (excludes halogenated alkanes) is 2. The summed E-state index contributed by atoms with van der Waals surface area (Å²) in [5.41, 5.74) is 0. The van der Waals surface area contributed by atoms with Crippen LogP contribution in [-0.2, 0) is 9.59 Å². The summed E-state index contributed by atoms with van der Waals surface area (Å²) in [6.45, 7) is 2.36. The molecule has 1 rings (SSSR count). The zero-order chi connectivity index (χ0) is 14.3. The van der Waals surface area contributed by atoms with Crippen LogP contribution in [0.25, 0.3) is 0 Å². The van der Waals surface area contributed by atoms with Gasteiger partial charge in [0.05, 0.1) is 18.8 Å². The second-order valence-corrected chi connectivity index (χ2v) is 5.07. The van der Waals surface area contributed by atoms with E-state index in [-0.39, 0.29) is 24.5 Å². The Morgan fingerprint density at radius 3 is 2.68 bits per heavy atom. The van der Waals surface area contributed by atoms with Crippen LogP contribution < -0.4 is 5.32 Å². The Morgan fingerprint density at radius 2 is 2.05 bits per heavy atom. The van der Waals surface area contributed by atoms with E-state index in [4.69, 9.17) is 5.11 Å². The molecule has 2 atom stereocenters. The number of aliphatic hydroxyl groups excluding tert-OH is 2. The molecule has 110 valence electrons. The first-order valence-corrected chi connectivity index (χ1v) is 6.87. The predicted octanol–water partition coefficient (Wildman–Crippen LogP) is -0.363. The van der Waals surface area contributed by atoms with E-state index in [2.05, 4.69) is 5.32 Å². The van der Waals surface area contributed by atoms with Gasteiger partial charge in [-0.15, -0.1) is 0 Å². The molecule has 0 bridgehead atoms. The molecule has 0 radical (unpaired) electrons. The van der Waals surface area contributed by atoms with E-state index in [1.54, 1.807) is 4.90 Å². The molecular weight excluding hydrogens is 248 g/mol. The topological polar surface area (TPSA) is 89.9 Å². The predicted molar refractivity (Wildman–Crippen MR) is 70.4 cm³/mol. The molecule has 1 heterocycles. The van der Waals surface area contributed by atoms with Crippen LogP contribution in [0.3, 0.4) is 0 Å². The van der Waals surface area contributed by atoms with E-state index >= 15 is 0 Å². The number of hydrogen-bond acceptors (Lipinski definition) is 4. The van der Waals surface area contributed by atoms with E-state index in [1.165, 1.54) is 6.92 Å². The van der Waals surface area contributed by atoms with Crippen LogP contribution in [0.15, 0.2) is 0 Å². The van der Waals surface area contributed by atoms with E-state index in [1.807, 2.05) is 0 Å². The van der Waals surface area contributed by atoms with Gasteiger partial charge in [0.2, 0.25) is 11.8 Å². The van der Waals surface area contributed by atoms with Gasteiger partial charge in [0.15, 0.2) is 0 Å². The van der Waals surface area contributed by atoms with Crippen molar-refractivity contribution < 1.29 is 19.8 Å². The highest BCUT2D eigenvalue weighted by Crippen LogP contribution is 2.19. The zero-order valence-electron chi connectivity index (χ0n) is 11.5. The molecule has 0 aromatic rings. The summed E-state index contributed by atoms with van der Waals surface area (Å²) in [4.78, 5) is 24.2. The van der Waals surface area contributed by atoms with Crippen LogP contribution in [0.5, 0.6) is 0 Å². The van der Waals surface area contributed by atoms with Gasteiger partial charge in [-0.3, -0.25) is 9.59 Å². The molecule has 6 nitrogen and oxygen atoms in total. The maximum Gasteiger partial charge on any atom is 0.222 e. The molecular formula is C13H24N2O4.